The second-order valence-corrected chi connectivity index (χ2v) is 7.57. The molecule has 0 atom stereocenters. The summed E-state index contributed by atoms with van der Waals surface area (Å²) in [5.41, 5.74) is 3.61. The minimum Gasteiger partial charge on any atom is -0.322 e. The minimum absolute atomic E-state index is 0.276. The molecule has 1 amide bonds. The molecule has 0 fully saturated rings. The molecular weight excluding hydrogens is 312 g/mol. The van der Waals surface area contributed by atoms with Crippen LogP contribution in [0.1, 0.15) is 21.5 Å². The van der Waals surface area contributed by atoms with Crippen LogP contribution in [-0.2, 0) is 10.0 Å². The zero-order valence-electron chi connectivity index (χ0n) is 13.6. The maximum Gasteiger partial charge on any atom is 0.255 e. The van der Waals surface area contributed by atoms with Gasteiger partial charge in [-0.15, -0.1) is 0 Å². The largest absolute Gasteiger partial charge is 0.322 e. The van der Waals surface area contributed by atoms with E-state index in [1.807, 2.05) is 32.0 Å². The number of aryl methyl sites for hydroxylation is 2. The van der Waals surface area contributed by atoms with Crippen LogP contribution in [0.4, 0.5) is 11.4 Å². The van der Waals surface area contributed by atoms with Crippen molar-refractivity contribution in [1.82, 2.24) is 0 Å². The summed E-state index contributed by atoms with van der Waals surface area (Å²) in [5, 5.41) is 2.87. The van der Waals surface area contributed by atoms with Gasteiger partial charge in [-0.3, -0.25) is 9.10 Å². The number of carbonyl (C=O) groups excluding carboxylic acids is 1. The Morgan fingerprint density at radius 1 is 1.09 bits per heavy atom. The van der Waals surface area contributed by atoms with E-state index in [1.165, 1.54) is 7.05 Å². The lowest BCUT2D eigenvalue weighted by atomic mass is 10.1. The number of rotatable bonds is 4. The molecule has 2 aromatic rings. The topological polar surface area (TPSA) is 66.5 Å². The first-order valence-corrected chi connectivity index (χ1v) is 8.96. The van der Waals surface area contributed by atoms with Gasteiger partial charge in [-0.25, -0.2) is 8.42 Å². The van der Waals surface area contributed by atoms with Gasteiger partial charge in [0.25, 0.3) is 5.91 Å². The first-order valence-electron chi connectivity index (χ1n) is 7.11. The standard InChI is InChI=1S/C17H20N2O3S/c1-12-8-9-13(2)16(10-12)18-17(20)14-6-5-7-15(11-14)19(3)23(4,21)22/h5-11H,1-4H3,(H,18,20). The van der Waals surface area contributed by atoms with Crippen molar-refractivity contribution < 1.29 is 13.2 Å². The van der Waals surface area contributed by atoms with Gasteiger partial charge < -0.3 is 5.32 Å². The second-order valence-electron chi connectivity index (χ2n) is 5.55. The molecule has 23 heavy (non-hydrogen) atoms. The molecule has 2 aromatic carbocycles. The lowest BCUT2D eigenvalue weighted by Crippen LogP contribution is -2.25. The van der Waals surface area contributed by atoms with Crippen LogP contribution in [0.15, 0.2) is 42.5 Å². The van der Waals surface area contributed by atoms with Crippen molar-refractivity contribution in [1.29, 1.82) is 0 Å². The molecule has 1 N–H and O–H groups in total. The molecule has 0 aliphatic heterocycles. The molecule has 0 aliphatic rings. The molecular formula is C17H20N2O3S. The summed E-state index contributed by atoms with van der Waals surface area (Å²) >= 11 is 0. The summed E-state index contributed by atoms with van der Waals surface area (Å²) in [7, 11) is -1.91. The van der Waals surface area contributed by atoms with Crippen molar-refractivity contribution in [2.75, 3.05) is 22.9 Å². The highest BCUT2D eigenvalue weighted by Crippen LogP contribution is 2.20. The third-order valence-electron chi connectivity index (χ3n) is 3.61. The molecule has 0 spiro atoms. The van der Waals surface area contributed by atoms with E-state index in [-0.39, 0.29) is 5.91 Å². The van der Waals surface area contributed by atoms with Gasteiger partial charge in [0.15, 0.2) is 0 Å². The number of hydrogen-bond donors (Lipinski definition) is 1. The zero-order chi connectivity index (χ0) is 17.2. The normalized spacial score (nSPS) is 11.1. The molecule has 0 unspecified atom stereocenters. The number of anilines is 2. The van der Waals surface area contributed by atoms with Crippen molar-refractivity contribution in [3.8, 4) is 0 Å². The summed E-state index contributed by atoms with van der Waals surface area (Å²) in [6, 6.07) is 12.3. The first-order chi connectivity index (χ1) is 10.7. The molecule has 0 heterocycles. The summed E-state index contributed by atoms with van der Waals surface area (Å²) < 4.78 is 24.4. The van der Waals surface area contributed by atoms with Crippen LogP contribution in [0.3, 0.4) is 0 Å². The van der Waals surface area contributed by atoms with Gasteiger partial charge in [0.05, 0.1) is 11.9 Å². The number of amides is 1. The van der Waals surface area contributed by atoms with Gasteiger partial charge >= 0.3 is 0 Å². The molecule has 2 rings (SSSR count). The van der Waals surface area contributed by atoms with Gasteiger partial charge in [0.1, 0.15) is 0 Å². The van der Waals surface area contributed by atoms with E-state index in [9.17, 15) is 13.2 Å². The van der Waals surface area contributed by atoms with Crippen LogP contribution in [0.25, 0.3) is 0 Å². The monoisotopic (exact) mass is 332 g/mol. The highest BCUT2D eigenvalue weighted by atomic mass is 32.2. The molecule has 0 aliphatic carbocycles. The Hall–Kier alpha value is -2.34. The van der Waals surface area contributed by atoms with Crippen molar-refractivity contribution in [2.24, 2.45) is 0 Å². The van der Waals surface area contributed by atoms with E-state index in [0.29, 0.717) is 11.3 Å². The quantitative estimate of drug-likeness (QED) is 0.936. The van der Waals surface area contributed by atoms with Crippen LogP contribution in [0, 0.1) is 13.8 Å². The van der Waals surface area contributed by atoms with Crippen LogP contribution in [-0.4, -0.2) is 27.6 Å². The molecule has 0 aromatic heterocycles. The van der Waals surface area contributed by atoms with E-state index >= 15 is 0 Å². The number of nitrogens with one attached hydrogen (secondary N) is 1. The lowest BCUT2D eigenvalue weighted by molar-refractivity contribution is 0.102. The van der Waals surface area contributed by atoms with Crippen molar-refractivity contribution in [2.45, 2.75) is 13.8 Å². The zero-order valence-corrected chi connectivity index (χ0v) is 14.4. The molecule has 122 valence electrons. The van der Waals surface area contributed by atoms with Gasteiger partial charge in [-0.2, -0.15) is 0 Å². The Morgan fingerprint density at radius 2 is 1.78 bits per heavy atom. The molecule has 0 saturated heterocycles. The fourth-order valence-electron chi connectivity index (χ4n) is 2.10. The smallest absolute Gasteiger partial charge is 0.255 e. The van der Waals surface area contributed by atoms with Crippen molar-refractivity contribution in [3.05, 3.63) is 59.2 Å². The Bertz CT molecular complexity index is 845. The predicted molar refractivity (Wildman–Crippen MR) is 93.6 cm³/mol. The fourth-order valence-corrected chi connectivity index (χ4v) is 2.60. The Balaban J connectivity index is 2.28. The first kappa shape index (κ1) is 17.0. The highest BCUT2D eigenvalue weighted by molar-refractivity contribution is 7.92. The van der Waals surface area contributed by atoms with Gasteiger partial charge in [0.2, 0.25) is 10.0 Å². The second kappa shape index (κ2) is 6.42. The predicted octanol–water partition coefficient (Wildman–Crippen LogP) is 2.95. The third-order valence-corrected chi connectivity index (χ3v) is 4.82. The average molecular weight is 332 g/mol. The van der Waals surface area contributed by atoms with Crippen LogP contribution in [0.5, 0.6) is 0 Å². The molecule has 6 heteroatoms. The Labute approximate surface area is 137 Å². The van der Waals surface area contributed by atoms with E-state index in [4.69, 9.17) is 0 Å². The molecule has 0 radical (unpaired) electrons. The maximum atomic E-state index is 12.4. The number of carbonyl (C=O) groups is 1. The van der Waals surface area contributed by atoms with E-state index in [2.05, 4.69) is 5.32 Å². The summed E-state index contributed by atoms with van der Waals surface area (Å²) in [4.78, 5) is 12.4. The van der Waals surface area contributed by atoms with Crippen LogP contribution < -0.4 is 9.62 Å². The summed E-state index contributed by atoms with van der Waals surface area (Å²) in [5.74, 6) is -0.276. The van der Waals surface area contributed by atoms with E-state index in [1.54, 1.807) is 24.3 Å². The molecule has 0 bridgehead atoms. The number of sulfonamides is 1. The van der Waals surface area contributed by atoms with Crippen LogP contribution in [0.2, 0.25) is 0 Å². The van der Waals surface area contributed by atoms with Crippen LogP contribution >= 0.6 is 0 Å². The Morgan fingerprint density at radius 3 is 2.43 bits per heavy atom. The number of benzene rings is 2. The van der Waals surface area contributed by atoms with E-state index < -0.39 is 10.0 Å². The lowest BCUT2D eigenvalue weighted by Gasteiger charge is -2.17. The SMILES string of the molecule is Cc1ccc(C)c(NC(=O)c2cccc(N(C)S(C)(=O)=O)c2)c1. The van der Waals surface area contributed by atoms with E-state index in [0.717, 1.165) is 27.4 Å². The molecule has 5 nitrogen and oxygen atoms in total. The fraction of sp³-hybridized carbons (Fsp3) is 0.235. The summed E-state index contributed by atoms with van der Waals surface area (Å²) in [6.45, 7) is 3.87. The minimum atomic E-state index is -3.37. The maximum absolute atomic E-state index is 12.4. The van der Waals surface area contributed by atoms with Crippen molar-refractivity contribution in [3.63, 3.8) is 0 Å². The van der Waals surface area contributed by atoms with Crippen molar-refractivity contribution >= 4 is 27.3 Å². The van der Waals surface area contributed by atoms with Gasteiger partial charge in [0, 0.05) is 18.3 Å². The molecule has 0 saturated carbocycles. The summed E-state index contributed by atoms with van der Waals surface area (Å²) in [6.07, 6.45) is 1.12. The average Bonchev–Trinajstić information content (AvgIpc) is 2.49. The van der Waals surface area contributed by atoms with Gasteiger partial charge in [-0.05, 0) is 49.2 Å². The number of hydrogen-bond acceptors (Lipinski definition) is 3. The highest BCUT2D eigenvalue weighted by Gasteiger charge is 2.14. The Kier molecular flexibility index (Phi) is 4.75. The van der Waals surface area contributed by atoms with Gasteiger partial charge in [-0.1, -0.05) is 18.2 Å². The third kappa shape index (κ3) is 4.10. The number of nitrogens with zero attached hydrogens (tertiary/aromatic N) is 1.